The van der Waals surface area contributed by atoms with Crippen LogP contribution in [0.1, 0.15) is 32.1 Å². The van der Waals surface area contributed by atoms with Crippen LogP contribution in [-0.2, 0) is 14.8 Å². The number of sulfonamides is 1. The second-order valence-electron chi connectivity index (χ2n) is 6.37. The van der Waals surface area contributed by atoms with Gasteiger partial charge in [-0.1, -0.05) is 0 Å². The molecule has 2 aliphatic rings. The van der Waals surface area contributed by atoms with Crippen molar-refractivity contribution >= 4 is 15.9 Å². The topological polar surface area (TPSA) is 78.5 Å². The lowest BCUT2D eigenvalue weighted by Gasteiger charge is -2.33. The number of carbonyl (C=O) groups excluding carboxylic acids is 1. The molecular formula is C14H27N3O3S. The minimum Gasteiger partial charge on any atom is -0.342 e. The molecule has 2 N–H and O–H groups in total. The second-order valence-corrected chi connectivity index (χ2v) is 8.20. The smallest absolute Gasteiger partial charge is 0.222 e. The lowest BCUT2D eigenvalue weighted by molar-refractivity contribution is -0.133. The highest BCUT2D eigenvalue weighted by Gasteiger charge is 2.25. The molecule has 2 saturated heterocycles. The van der Waals surface area contributed by atoms with E-state index in [0.717, 1.165) is 38.9 Å². The molecule has 0 aliphatic carbocycles. The fourth-order valence-corrected chi connectivity index (χ4v) is 3.71. The number of likely N-dealkylation sites (tertiary alicyclic amines) is 1. The van der Waals surface area contributed by atoms with Crippen LogP contribution in [0, 0.1) is 11.8 Å². The van der Waals surface area contributed by atoms with E-state index in [4.69, 9.17) is 0 Å². The maximum Gasteiger partial charge on any atom is 0.222 e. The molecule has 7 heteroatoms. The average Bonchev–Trinajstić information content (AvgIpc) is 2.95. The maximum atomic E-state index is 12.3. The minimum atomic E-state index is -3.14. The Morgan fingerprint density at radius 2 is 2.14 bits per heavy atom. The number of hydrogen-bond acceptors (Lipinski definition) is 4. The van der Waals surface area contributed by atoms with E-state index < -0.39 is 10.0 Å². The summed E-state index contributed by atoms with van der Waals surface area (Å²) < 4.78 is 24.8. The predicted octanol–water partition coefficient (Wildman–Crippen LogP) is 0.164. The summed E-state index contributed by atoms with van der Waals surface area (Å²) in [6.45, 7) is 4.05. The molecule has 2 fully saturated rings. The lowest BCUT2D eigenvalue weighted by atomic mass is 9.97. The number of carbonyl (C=O) groups is 1. The molecule has 2 aliphatic heterocycles. The number of hydrogen-bond donors (Lipinski definition) is 2. The molecule has 1 amide bonds. The number of rotatable bonds is 6. The summed E-state index contributed by atoms with van der Waals surface area (Å²) in [6.07, 6.45) is 5.89. The molecule has 0 radical (unpaired) electrons. The van der Waals surface area contributed by atoms with Gasteiger partial charge in [0.2, 0.25) is 15.9 Å². The second kappa shape index (κ2) is 7.56. The van der Waals surface area contributed by atoms with Gasteiger partial charge in [-0.15, -0.1) is 0 Å². The Hall–Kier alpha value is -0.660. The molecule has 21 heavy (non-hydrogen) atoms. The van der Waals surface area contributed by atoms with E-state index >= 15 is 0 Å². The average molecular weight is 317 g/mol. The number of piperidine rings is 1. The Kier molecular flexibility index (Phi) is 6.01. The van der Waals surface area contributed by atoms with Gasteiger partial charge in [0.1, 0.15) is 0 Å². The summed E-state index contributed by atoms with van der Waals surface area (Å²) in [5.74, 6) is 1.11. The van der Waals surface area contributed by atoms with Crippen LogP contribution >= 0.6 is 0 Å². The highest BCUT2D eigenvalue weighted by Crippen LogP contribution is 2.19. The van der Waals surface area contributed by atoms with Gasteiger partial charge in [-0.05, 0) is 50.6 Å². The first-order valence-corrected chi connectivity index (χ1v) is 9.76. The van der Waals surface area contributed by atoms with Gasteiger partial charge < -0.3 is 10.2 Å². The summed E-state index contributed by atoms with van der Waals surface area (Å²) in [5.41, 5.74) is 0. The lowest BCUT2D eigenvalue weighted by Crippen LogP contribution is -2.43. The van der Waals surface area contributed by atoms with E-state index in [1.54, 1.807) is 0 Å². The zero-order valence-electron chi connectivity index (χ0n) is 12.8. The fraction of sp³-hybridized carbons (Fsp3) is 0.929. The Morgan fingerprint density at radius 3 is 2.81 bits per heavy atom. The third kappa shape index (κ3) is 5.92. The highest BCUT2D eigenvalue weighted by atomic mass is 32.2. The Balaban J connectivity index is 1.73. The van der Waals surface area contributed by atoms with Gasteiger partial charge in [0.05, 0.1) is 6.26 Å². The summed E-state index contributed by atoms with van der Waals surface area (Å²) in [5, 5.41) is 3.32. The van der Waals surface area contributed by atoms with E-state index in [1.807, 2.05) is 4.90 Å². The highest BCUT2D eigenvalue weighted by molar-refractivity contribution is 7.88. The Bertz CT molecular complexity index is 446. The monoisotopic (exact) mass is 317 g/mol. The first-order valence-electron chi connectivity index (χ1n) is 7.87. The van der Waals surface area contributed by atoms with Crippen LogP contribution in [0.15, 0.2) is 0 Å². The van der Waals surface area contributed by atoms with Crippen LogP contribution in [-0.4, -0.2) is 58.2 Å². The Morgan fingerprint density at radius 1 is 1.33 bits per heavy atom. The van der Waals surface area contributed by atoms with Gasteiger partial charge in [-0.25, -0.2) is 13.1 Å². The minimum absolute atomic E-state index is 0.228. The van der Waals surface area contributed by atoms with Crippen LogP contribution in [0.2, 0.25) is 0 Å². The van der Waals surface area contributed by atoms with E-state index in [0.29, 0.717) is 25.4 Å². The molecule has 6 nitrogen and oxygen atoms in total. The molecule has 0 saturated carbocycles. The summed E-state index contributed by atoms with van der Waals surface area (Å²) in [6, 6.07) is 0. The normalized spacial score (nSPS) is 27.0. The standard InChI is InChI=1S/C14H27N3O3S/c1-21(19,20)16-10-13-3-2-8-17(11-13)14(18)5-4-12-6-7-15-9-12/h12-13,15-16H,2-11H2,1H3. The fourth-order valence-electron chi connectivity index (χ4n) is 3.17. The Labute approximate surface area is 127 Å². The third-order valence-corrected chi connectivity index (χ3v) is 5.13. The zero-order chi connectivity index (χ0) is 15.3. The molecule has 2 unspecified atom stereocenters. The van der Waals surface area contributed by atoms with Crippen molar-refractivity contribution in [2.24, 2.45) is 11.8 Å². The van der Waals surface area contributed by atoms with Gasteiger partial charge in [-0.3, -0.25) is 4.79 Å². The summed E-state index contributed by atoms with van der Waals surface area (Å²) in [4.78, 5) is 14.2. The summed E-state index contributed by atoms with van der Waals surface area (Å²) >= 11 is 0. The first kappa shape index (κ1) is 16.7. The predicted molar refractivity (Wildman–Crippen MR) is 82.4 cm³/mol. The molecule has 0 aromatic heterocycles. The first-order chi connectivity index (χ1) is 9.94. The van der Waals surface area contributed by atoms with Gasteiger partial charge in [0, 0.05) is 26.1 Å². The van der Waals surface area contributed by atoms with Crippen LogP contribution in [0.25, 0.3) is 0 Å². The molecule has 0 aromatic rings. The van der Waals surface area contributed by atoms with E-state index in [1.165, 1.54) is 12.7 Å². The van der Waals surface area contributed by atoms with Gasteiger partial charge in [-0.2, -0.15) is 0 Å². The van der Waals surface area contributed by atoms with Gasteiger partial charge in [0.15, 0.2) is 0 Å². The molecule has 122 valence electrons. The number of nitrogens with one attached hydrogen (secondary N) is 2. The molecule has 2 atom stereocenters. The quantitative estimate of drug-likeness (QED) is 0.732. The third-order valence-electron chi connectivity index (χ3n) is 4.43. The van der Waals surface area contributed by atoms with E-state index in [-0.39, 0.29) is 11.8 Å². The van der Waals surface area contributed by atoms with Crippen molar-refractivity contribution < 1.29 is 13.2 Å². The van der Waals surface area contributed by atoms with E-state index in [9.17, 15) is 13.2 Å². The van der Waals surface area contributed by atoms with Crippen molar-refractivity contribution in [3.05, 3.63) is 0 Å². The van der Waals surface area contributed by atoms with Crippen LogP contribution in [0.3, 0.4) is 0 Å². The molecule has 2 rings (SSSR count). The summed E-state index contributed by atoms with van der Waals surface area (Å²) in [7, 11) is -3.14. The van der Waals surface area contributed by atoms with E-state index in [2.05, 4.69) is 10.0 Å². The van der Waals surface area contributed by atoms with Crippen molar-refractivity contribution in [3.8, 4) is 0 Å². The van der Waals surface area contributed by atoms with Crippen LogP contribution < -0.4 is 10.0 Å². The molecule has 0 bridgehead atoms. The molecule has 0 aromatic carbocycles. The van der Waals surface area contributed by atoms with Crippen molar-refractivity contribution in [1.82, 2.24) is 14.9 Å². The molecule has 0 spiro atoms. The molecular weight excluding hydrogens is 290 g/mol. The van der Waals surface area contributed by atoms with Gasteiger partial charge in [0.25, 0.3) is 0 Å². The molecule has 2 heterocycles. The SMILES string of the molecule is CS(=O)(=O)NCC1CCCN(C(=O)CCC2CCNC2)C1. The zero-order valence-corrected chi connectivity index (χ0v) is 13.6. The van der Waals surface area contributed by atoms with Crippen LogP contribution in [0.4, 0.5) is 0 Å². The van der Waals surface area contributed by atoms with Crippen molar-refractivity contribution in [3.63, 3.8) is 0 Å². The largest absolute Gasteiger partial charge is 0.342 e. The van der Waals surface area contributed by atoms with Crippen molar-refractivity contribution in [2.45, 2.75) is 32.1 Å². The van der Waals surface area contributed by atoms with Gasteiger partial charge >= 0.3 is 0 Å². The number of amides is 1. The van der Waals surface area contributed by atoms with Crippen LogP contribution in [0.5, 0.6) is 0 Å². The number of nitrogens with zero attached hydrogens (tertiary/aromatic N) is 1. The van der Waals surface area contributed by atoms with Crippen molar-refractivity contribution in [2.75, 3.05) is 39.0 Å². The van der Waals surface area contributed by atoms with Crippen molar-refractivity contribution in [1.29, 1.82) is 0 Å². The maximum absolute atomic E-state index is 12.3.